The minimum Gasteiger partial charge on any atom is -0.462 e. The Hall–Kier alpha value is -3.54. The Balaban J connectivity index is 1.79. The lowest BCUT2D eigenvalue weighted by Gasteiger charge is -2.45. The molecule has 3 aliphatic rings. The second-order valence-corrected chi connectivity index (χ2v) is 15.1. The molecule has 1 N–H and O–H groups in total. The third kappa shape index (κ3) is 7.70. The fourth-order valence-electron chi connectivity index (χ4n) is 7.28. The molecule has 0 spiro atoms. The summed E-state index contributed by atoms with van der Waals surface area (Å²) in [6.07, 6.45) is 2.87. The van der Waals surface area contributed by atoms with E-state index < -0.39 is 65.4 Å². The number of carbonyl (C=O) groups is 4. The summed E-state index contributed by atoms with van der Waals surface area (Å²) in [5.74, 6) is -3.36. The zero-order valence-electron chi connectivity index (χ0n) is 31.7. The van der Waals surface area contributed by atoms with E-state index in [2.05, 4.69) is 6.07 Å². The van der Waals surface area contributed by atoms with Gasteiger partial charge >= 0.3 is 11.9 Å². The molecule has 11 nitrogen and oxygen atoms in total. The van der Waals surface area contributed by atoms with Gasteiger partial charge in [-0.15, -0.1) is 0 Å². The fraction of sp³-hybridized carbons (Fsp3) is 0.641. The molecule has 50 heavy (non-hydrogen) atoms. The second-order valence-electron chi connectivity index (χ2n) is 15.1. The first-order valence-corrected chi connectivity index (χ1v) is 17.6. The average Bonchev–Trinajstić information content (AvgIpc) is 3.76. The molecule has 276 valence electrons. The highest BCUT2D eigenvalue weighted by atomic mass is 16.7. The first-order valence-electron chi connectivity index (χ1n) is 17.6. The number of fused-ring (bicyclic) bond motifs is 5. The molecule has 1 aromatic carbocycles. The first-order chi connectivity index (χ1) is 23.3. The molecule has 2 fully saturated rings. The quantitative estimate of drug-likeness (QED) is 0.346. The summed E-state index contributed by atoms with van der Waals surface area (Å²) >= 11 is 0. The SMILES string of the molecule is COC1C=CC=C(C)Cc2cc(C)c(C)c(c2)N(C)C(=O)CC(OC(=O)C(C)N(C)C(=O)C(C)C)C2(C)OC2C(C)C2CC1(O)C(C)C(=O)O2. The van der Waals surface area contributed by atoms with E-state index in [1.54, 1.807) is 59.7 Å². The van der Waals surface area contributed by atoms with E-state index in [0.29, 0.717) is 6.42 Å². The predicted octanol–water partition coefficient (Wildman–Crippen LogP) is 4.62. The van der Waals surface area contributed by atoms with Gasteiger partial charge in [0.2, 0.25) is 11.8 Å². The normalized spacial score (nSPS) is 32.5. The van der Waals surface area contributed by atoms with Crippen molar-refractivity contribution in [1.29, 1.82) is 0 Å². The second kappa shape index (κ2) is 15.0. The number of benzene rings is 1. The van der Waals surface area contributed by atoms with Crippen molar-refractivity contribution in [2.75, 3.05) is 26.1 Å². The van der Waals surface area contributed by atoms with Crippen LogP contribution in [0.1, 0.15) is 78.0 Å². The molecule has 9 atom stereocenters. The van der Waals surface area contributed by atoms with Gasteiger partial charge in [-0.3, -0.25) is 14.4 Å². The maximum absolute atomic E-state index is 14.1. The number of carbonyl (C=O) groups excluding carboxylic acids is 4. The number of nitrogens with zero attached hydrogens (tertiary/aromatic N) is 2. The number of amides is 2. The van der Waals surface area contributed by atoms with Crippen LogP contribution in [0, 0.1) is 31.6 Å². The number of anilines is 1. The molecule has 0 aromatic heterocycles. The van der Waals surface area contributed by atoms with Crippen LogP contribution in [0.3, 0.4) is 0 Å². The topological polar surface area (TPSA) is 135 Å². The number of aryl methyl sites for hydroxylation is 1. The van der Waals surface area contributed by atoms with Gasteiger partial charge in [-0.05, 0) is 70.7 Å². The van der Waals surface area contributed by atoms with Crippen LogP contribution in [0.25, 0.3) is 0 Å². The zero-order valence-corrected chi connectivity index (χ0v) is 31.7. The number of rotatable bonds is 5. The molecule has 9 unspecified atom stereocenters. The number of hydrogen-bond acceptors (Lipinski definition) is 9. The van der Waals surface area contributed by atoms with Gasteiger partial charge in [-0.2, -0.15) is 0 Å². The third-order valence-electron chi connectivity index (χ3n) is 11.2. The lowest BCUT2D eigenvalue weighted by Crippen LogP contribution is -2.58. The maximum atomic E-state index is 14.1. The molecule has 4 bridgehead atoms. The Morgan fingerprint density at radius 1 is 1.12 bits per heavy atom. The molecular weight excluding hydrogens is 640 g/mol. The van der Waals surface area contributed by atoms with Crippen molar-refractivity contribution in [3.05, 3.63) is 52.6 Å². The molecule has 2 amide bonds. The van der Waals surface area contributed by atoms with E-state index in [1.165, 1.54) is 12.0 Å². The third-order valence-corrected chi connectivity index (χ3v) is 11.2. The number of ether oxygens (including phenoxy) is 4. The fourth-order valence-corrected chi connectivity index (χ4v) is 7.28. The van der Waals surface area contributed by atoms with Gasteiger partial charge in [-0.25, -0.2) is 4.79 Å². The van der Waals surface area contributed by atoms with Crippen LogP contribution in [0.5, 0.6) is 0 Å². The summed E-state index contributed by atoms with van der Waals surface area (Å²) in [5, 5.41) is 12.1. The number of hydrogen-bond donors (Lipinski definition) is 1. The molecule has 2 saturated heterocycles. The summed E-state index contributed by atoms with van der Waals surface area (Å²) in [6, 6.07) is 3.18. The van der Waals surface area contributed by atoms with E-state index >= 15 is 0 Å². The highest BCUT2D eigenvalue weighted by Gasteiger charge is 2.65. The largest absolute Gasteiger partial charge is 0.462 e. The Kier molecular flexibility index (Phi) is 11.8. The van der Waals surface area contributed by atoms with Crippen molar-refractivity contribution in [2.24, 2.45) is 17.8 Å². The predicted molar refractivity (Wildman–Crippen MR) is 189 cm³/mol. The molecule has 11 heteroatoms. The van der Waals surface area contributed by atoms with Crippen molar-refractivity contribution >= 4 is 29.4 Å². The lowest BCUT2D eigenvalue weighted by atomic mass is 9.73. The molecule has 0 saturated carbocycles. The number of aliphatic hydroxyl groups is 1. The van der Waals surface area contributed by atoms with Crippen LogP contribution in [0.4, 0.5) is 5.69 Å². The van der Waals surface area contributed by atoms with Gasteiger partial charge in [0.1, 0.15) is 35.6 Å². The Morgan fingerprint density at radius 3 is 2.40 bits per heavy atom. The zero-order chi connectivity index (χ0) is 37.5. The van der Waals surface area contributed by atoms with Crippen molar-refractivity contribution in [2.45, 2.75) is 123 Å². The smallest absolute Gasteiger partial charge is 0.328 e. The number of likely N-dealkylation sites (N-methyl/N-ethyl adjacent to an activating group) is 1. The van der Waals surface area contributed by atoms with Crippen molar-refractivity contribution in [3.63, 3.8) is 0 Å². The van der Waals surface area contributed by atoms with Crippen LogP contribution in [-0.2, 0) is 44.5 Å². The van der Waals surface area contributed by atoms with Crippen molar-refractivity contribution in [3.8, 4) is 0 Å². The van der Waals surface area contributed by atoms with E-state index in [9.17, 15) is 24.3 Å². The van der Waals surface area contributed by atoms with Crippen LogP contribution < -0.4 is 4.90 Å². The van der Waals surface area contributed by atoms with Crippen molar-refractivity contribution in [1.82, 2.24) is 4.90 Å². The number of esters is 2. The minimum absolute atomic E-state index is 0.0816. The standard InChI is InChI=1S/C39H56N2O9/c1-21(2)35(43)40(10)27(8)37(45)49-32-19-33(42)41(11)29-18-28(17-23(4)24(29)5)16-22(3)14-13-15-31(47-12)39(46)20-30(48-36(44)26(39)7)25(6)34-38(32,9)50-34/h13-15,17-18,21,25-27,30-32,34,46H,16,19-20H2,1-12H3. The number of epoxide rings is 1. The summed E-state index contributed by atoms with van der Waals surface area (Å²) in [7, 11) is 4.76. The molecule has 3 aliphatic heterocycles. The van der Waals surface area contributed by atoms with Crippen molar-refractivity contribution < 1.29 is 43.2 Å². The van der Waals surface area contributed by atoms with E-state index in [1.807, 2.05) is 45.9 Å². The van der Waals surface area contributed by atoms with Crippen LogP contribution in [0.15, 0.2) is 35.9 Å². The lowest BCUT2D eigenvalue weighted by molar-refractivity contribution is -0.204. The average molecular weight is 697 g/mol. The minimum atomic E-state index is -1.58. The summed E-state index contributed by atoms with van der Waals surface area (Å²) in [4.78, 5) is 56.6. The van der Waals surface area contributed by atoms with Gasteiger partial charge in [0.25, 0.3) is 0 Å². The van der Waals surface area contributed by atoms with Gasteiger partial charge < -0.3 is 33.9 Å². The molecule has 1 aromatic rings. The van der Waals surface area contributed by atoms with E-state index in [-0.39, 0.29) is 30.6 Å². The van der Waals surface area contributed by atoms with Crippen LogP contribution >= 0.6 is 0 Å². The van der Waals surface area contributed by atoms with Gasteiger partial charge in [0.05, 0.1) is 18.4 Å². The monoisotopic (exact) mass is 696 g/mol. The molecule has 4 rings (SSSR count). The summed E-state index contributed by atoms with van der Waals surface area (Å²) in [6.45, 7) is 16.4. The number of allylic oxidation sites excluding steroid dienone is 3. The Morgan fingerprint density at radius 2 is 1.78 bits per heavy atom. The first kappa shape index (κ1) is 39.2. The van der Waals surface area contributed by atoms with Gasteiger partial charge in [0.15, 0.2) is 0 Å². The van der Waals surface area contributed by atoms with Gasteiger partial charge in [-0.1, -0.05) is 50.6 Å². The molecule has 0 aliphatic carbocycles. The molecule has 3 heterocycles. The Labute approximate surface area is 296 Å². The van der Waals surface area contributed by atoms with Gasteiger partial charge in [0, 0.05) is 45.1 Å². The highest BCUT2D eigenvalue weighted by molar-refractivity contribution is 5.94. The number of methoxy groups -OCH3 is 1. The maximum Gasteiger partial charge on any atom is 0.328 e. The Bertz CT molecular complexity index is 1550. The summed E-state index contributed by atoms with van der Waals surface area (Å²) < 4.78 is 24.1. The summed E-state index contributed by atoms with van der Waals surface area (Å²) in [5.41, 5.74) is 2.07. The van der Waals surface area contributed by atoms with E-state index in [4.69, 9.17) is 18.9 Å². The molecule has 0 radical (unpaired) electrons. The highest BCUT2D eigenvalue weighted by Crippen LogP contribution is 2.50. The molecular formula is C39H56N2O9. The van der Waals surface area contributed by atoms with Crippen LogP contribution in [0.2, 0.25) is 0 Å². The van der Waals surface area contributed by atoms with E-state index in [0.717, 1.165) is 28.0 Å². The van der Waals surface area contributed by atoms with Crippen LogP contribution in [-0.4, -0.2) is 96.6 Å².